The molecule has 0 radical (unpaired) electrons. The summed E-state index contributed by atoms with van der Waals surface area (Å²) in [4.78, 5) is 10.5. The molecule has 3 nitrogen and oxygen atoms in total. The molecule has 0 spiro atoms. The van der Waals surface area contributed by atoms with Crippen LogP contribution in [0.3, 0.4) is 0 Å². The van der Waals surface area contributed by atoms with Gasteiger partial charge >= 0.3 is 12.3 Å². The second kappa shape index (κ2) is 3.57. The normalized spacial score (nSPS) is 11.1. The molecule has 0 atom stereocenters. The summed E-state index contributed by atoms with van der Waals surface area (Å²) < 4.78 is 35.6. The van der Waals surface area contributed by atoms with Crippen LogP contribution in [0, 0.1) is 0 Å². The summed E-state index contributed by atoms with van der Waals surface area (Å²) in [5.74, 6) is -1.41. The molecule has 0 bridgehead atoms. The lowest BCUT2D eigenvalue weighted by molar-refractivity contribution is -0.0999. The third-order valence-electron chi connectivity index (χ3n) is 1.43. The topological polar surface area (TPSA) is 49.3 Å². The molecule has 0 saturated carbocycles. The Morgan fingerprint density at radius 1 is 1.29 bits per heavy atom. The number of para-hydroxylation sites is 1. The van der Waals surface area contributed by atoms with Gasteiger partial charge in [-0.25, -0.2) is 4.79 Å². The number of carboxylic acids is 1. The second-order valence-corrected chi connectivity index (χ2v) is 2.47. The maximum atomic E-state index is 11.9. The minimum atomic E-state index is -4.63. The Bertz CT molecular complexity index is 349. The second-order valence-electron chi connectivity index (χ2n) is 2.47. The molecule has 1 aromatic carbocycles. The molecule has 0 saturated heterocycles. The molecule has 0 amide bonds. The molecule has 6 heteroatoms. The fraction of sp³-hybridized carbons (Fsp3) is 0.125. The van der Waals surface area contributed by atoms with Gasteiger partial charge in [0.25, 0.3) is 0 Å². The van der Waals surface area contributed by atoms with Crippen molar-refractivity contribution in [1.29, 1.82) is 0 Å². The standard InChI is InChI=1S/C8H6F3NO2/c9-8(10,11)12-6-4-2-1-3-5(6)7(13)14/h1-4,12H,(H,13,14). The first kappa shape index (κ1) is 10.4. The summed E-state index contributed by atoms with van der Waals surface area (Å²) in [6.07, 6.45) is -4.63. The summed E-state index contributed by atoms with van der Waals surface area (Å²) in [5.41, 5.74) is -0.877. The van der Waals surface area contributed by atoms with E-state index in [0.29, 0.717) is 0 Å². The highest BCUT2D eigenvalue weighted by Gasteiger charge is 2.28. The minimum absolute atomic E-state index is 0.412. The smallest absolute Gasteiger partial charge is 0.478 e. The molecule has 0 aromatic heterocycles. The Morgan fingerprint density at radius 3 is 2.36 bits per heavy atom. The monoisotopic (exact) mass is 205 g/mol. The minimum Gasteiger partial charge on any atom is -0.478 e. The highest BCUT2D eigenvalue weighted by molar-refractivity contribution is 5.94. The zero-order valence-electron chi connectivity index (χ0n) is 6.80. The third-order valence-corrected chi connectivity index (χ3v) is 1.43. The number of rotatable bonds is 2. The fourth-order valence-corrected chi connectivity index (χ4v) is 0.931. The molecule has 14 heavy (non-hydrogen) atoms. The molecule has 0 fully saturated rings. The van der Waals surface area contributed by atoms with Crippen LogP contribution in [0.1, 0.15) is 10.4 Å². The average Bonchev–Trinajstić information content (AvgIpc) is 2.01. The van der Waals surface area contributed by atoms with Crippen molar-refractivity contribution in [2.75, 3.05) is 5.32 Å². The Labute approximate surface area is 77.2 Å². The Balaban J connectivity index is 3.02. The van der Waals surface area contributed by atoms with Crippen molar-refractivity contribution in [3.05, 3.63) is 29.8 Å². The van der Waals surface area contributed by atoms with Crippen molar-refractivity contribution in [2.45, 2.75) is 6.30 Å². The predicted octanol–water partition coefficient (Wildman–Crippen LogP) is 2.32. The summed E-state index contributed by atoms with van der Waals surface area (Å²) in [6, 6.07) is 4.82. The van der Waals surface area contributed by atoms with Crippen LogP contribution >= 0.6 is 0 Å². The van der Waals surface area contributed by atoms with Crippen LogP contribution in [-0.4, -0.2) is 17.4 Å². The molecule has 0 aliphatic carbocycles. The Kier molecular flexibility index (Phi) is 2.64. The lowest BCUT2D eigenvalue weighted by atomic mass is 10.2. The lowest BCUT2D eigenvalue weighted by Crippen LogP contribution is -2.22. The molecule has 1 aromatic rings. The fourth-order valence-electron chi connectivity index (χ4n) is 0.931. The van der Waals surface area contributed by atoms with Crippen molar-refractivity contribution in [3.8, 4) is 0 Å². The van der Waals surface area contributed by atoms with Gasteiger partial charge < -0.3 is 5.11 Å². The van der Waals surface area contributed by atoms with E-state index in [2.05, 4.69) is 0 Å². The van der Waals surface area contributed by atoms with Gasteiger partial charge in [0.2, 0.25) is 0 Å². The van der Waals surface area contributed by atoms with Crippen LogP contribution < -0.4 is 5.32 Å². The highest BCUT2D eigenvalue weighted by atomic mass is 19.4. The number of nitrogens with one attached hydrogen (secondary N) is 1. The summed E-state index contributed by atoms with van der Waals surface area (Å²) >= 11 is 0. The number of benzene rings is 1. The van der Waals surface area contributed by atoms with Crippen LogP contribution in [0.5, 0.6) is 0 Å². The summed E-state index contributed by atoms with van der Waals surface area (Å²) in [5, 5.41) is 9.71. The van der Waals surface area contributed by atoms with E-state index in [1.165, 1.54) is 12.1 Å². The van der Waals surface area contributed by atoms with E-state index >= 15 is 0 Å². The van der Waals surface area contributed by atoms with Crippen LogP contribution in [0.25, 0.3) is 0 Å². The van der Waals surface area contributed by atoms with Crippen molar-refractivity contribution < 1.29 is 23.1 Å². The molecule has 0 unspecified atom stereocenters. The third kappa shape index (κ3) is 2.65. The van der Waals surface area contributed by atoms with Gasteiger partial charge in [0.15, 0.2) is 0 Å². The molecular formula is C8H6F3NO2. The largest absolute Gasteiger partial charge is 0.482 e. The van der Waals surface area contributed by atoms with Gasteiger partial charge in [-0.3, -0.25) is 5.32 Å². The number of aromatic carboxylic acids is 1. The van der Waals surface area contributed by atoms with Crippen molar-refractivity contribution in [2.24, 2.45) is 0 Å². The van der Waals surface area contributed by atoms with E-state index in [4.69, 9.17) is 5.11 Å². The molecule has 76 valence electrons. The first-order valence-electron chi connectivity index (χ1n) is 3.57. The Morgan fingerprint density at radius 2 is 1.86 bits per heavy atom. The summed E-state index contributed by atoms with van der Waals surface area (Å²) in [7, 11) is 0. The number of anilines is 1. The molecular weight excluding hydrogens is 199 g/mol. The van der Waals surface area contributed by atoms with Crippen LogP contribution in [0.4, 0.5) is 18.9 Å². The van der Waals surface area contributed by atoms with E-state index in [1.54, 1.807) is 0 Å². The molecule has 1 rings (SSSR count). The van der Waals surface area contributed by atoms with E-state index in [-0.39, 0.29) is 0 Å². The predicted molar refractivity (Wildman–Crippen MR) is 43.1 cm³/mol. The van der Waals surface area contributed by atoms with Gasteiger partial charge in [-0.15, -0.1) is 0 Å². The zero-order valence-corrected chi connectivity index (χ0v) is 6.80. The van der Waals surface area contributed by atoms with Gasteiger partial charge in [-0.1, -0.05) is 12.1 Å². The van der Waals surface area contributed by atoms with Crippen molar-refractivity contribution in [3.63, 3.8) is 0 Å². The molecule has 0 heterocycles. The lowest BCUT2D eigenvalue weighted by Gasteiger charge is -2.11. The van der Waals surface area contributed by atoms with E-state index in [1.807, 2.05) is 0 Å². The quantitative estimate of drug-likeness (QED) is 0.728. The molecule has 2 N–H and O–H groups in total. The number of hydrogen-bond donors (Lipinski definition) is 2. The zero-order chi connectivity index (χ0) is 10.8. The molecule has 0 aliphatic heterocycles. The first-order valence-corrected chi connectivity index (χ1v) is 3.57. The van der Waals surface area contributed by atoms with Crippen molar-refractivity contribution in [1.82, 2.24) is 0 Å². The number of carbonyl (C=O) groups is 1. The van der Waals surface area contributed by atoms with E-state index < -0.39 is 23.5 Å². The van der Waals surface area contributed by atoms with Crippen LogP contribution in [0.15, 0.2) is 24.3 Å². The number of halogens is 3. The van der Waals surface area contributed by atoms with Crippen LogP contribution in [-0.2, 0) is 0 Å². The highest BCUT2D eigenvalue weighted by Crippen LogP contribution is 2.22. The number of alkyl halides is 3. The SMILES string of the molecule is O=C(O)c1ccccc1NC(F)(F)F. The van der Waals surface area contributed by atoms with Gasteiger partial charge in [0.05, 0.1) is 11.3 Å². The first-order chi connectivity index (χ1) is 6.40. The maximum absolute atomic E-state index is 11.9. The van der Waals surface area contributed by atoms with Gasteiger partial charge in [0.1, 0.15) is 0 Å². The van der Waals surface area contributed by atoms with Gasteiger partial charge in [0, 0.05) is 0 Å². The van der Waals surface area contributed by atoms with Gasteiger partial charge in [-0.05, 0) is 12.1 Å². The van der Waals surface area contributed by atoms with Crippen LogP contribution in [0.2, 0.25) is 0 Å². The van der Waals surface area contributed by atoms with Crippen molar-refractivity contribution >= 4 is 11.7 Å². The summed E-state index contributed by atoms with van der Waals surface area (Å²) in [6.45, 7) is 0. The van der Waals surface area contributed by atoms with E-state index in [9.17, 15) is 18.0 Å². The maximum Gasteiger partial charge on any atom is 0.482 e. The number of hydrogen-bond acceptors (Lipinski definition) is 2. The van der Waals surface area contributed by atoms with E-state index in [0.717, 1.165) is 17.4 Å². The Hall–Kier alpha value is -1.72. The average molecular weight is 205 g/mol. The van der Waals surface area contributed by atoms with Gasteiger partial charge in [-0.2, -0.15) is 13.2 Å². The molecule has 0 aliphatic rings. The number of carboxylic acid groups (broad SMARTS) is 1.